The van der Waals surface area contributed by atoms with E-state index in [1.165, 1.54) is 16.8 Å². The summed E-state index contributed by atoms with van der Waals surface area (Å²) in [7, 11) is -3.10. The number of hydrogen-bond donors (Lipinski definition) is 0. The number of nitrogens with zero attached hydrogens (tertiary/aromatic N) is 2. The van der Waals surface area contributed by atoms with E-state index in [2.05, 4.69) is 0 Å². The molecule has 0 saturated heterocycles. The molecule has 0 atom stereocenters. The van der Waals surface area contributed by atoms with Crippen LogP contribution in [-0.2, 0) is 16.4 Å². The van der Waals surface area contributed by atoms with Crippen LogP contribution in [0.4, 0.5) is 0 Å². The molecule has 0 radical (unpaired) electrons. The first kappa shape index (κ1) is 15.4. The van der Waals surface area contributed by atoms with Crippen molar-refractivity contribution in [3.05, 3.63) is 34.2 Å². The lowest BCUT2D eigenvalue weighted by atomic mass is 10.3. The van der Waals surface area contributed by atoms with Crippen LogP contribution in [0.25, 0.3) is 0 Å². The Morgan fingerprint density at radius 1 is 1.41 bits per heavy atom. The Labute approximate surface area is 101 Å². The maximum atomic E-state index is 11.5. The molecule has 6 heteroatoms. The molecule has 0 bridgehead atoms. The smallest absolute Gasteiger partial charge is 0.268 e. The standard InChI is InChI=1S/C9H10N2O3S.C2H6/c1-15(13,14)6-5-11-4-2-3-8(7-10)9(11)12;1-2/h2-4H,5-6H2,1H3;1-2H3. The lowest BCUT2D eigenvalue weighted by molar-refractivity contribution is 0.593. The summed E-state index contributed by atoms with van der Waals surface area (Å²) >= 11 is 0. The van der Waals surface area contributed by atoms with Crippen LogP contribution in [0.15, 0.2) is 23.1 Å². The molecule has 0 amide bonds. The van der Waals surface area contributed by atoms with E-state index in [1.807, 2.05) is 13.8 Å². The van der Waals surface area contributed by atoms with Crippen molar-refractivity contribution in [2.24, 2.45) is 0 Å². The highest BCUT2D eigenvalue weighted by atomic mass is 32.2. The molecule has 5 nitrogen and oxygen atoms in total. The Hall–Kier alpha value is -1.61. The molecular weight excluding hydrogens is 240 g/mol. The molecule has 0 aromatic carbocycles. The number of aromatic nitrogens is 1. The monoisotopic (exact) mass is 256 g/mol. The first-order chi connectivity index (χ1) is 7.94. The molecule has 0 N–H and O–H groups in total. The number of nitriles is 1. The molecule has 1 rings (SSSR count). The molecule has 0 unspecified atom stereocenters. The first-order valence-corrected chi connectivity index (χ1v) is 7.27. The molecule has 1 aromatic rings. The van der Waals surface area contributed by atoms with E-state index in [0.29, 0.717) is 0 Å². The predicted molar refractivity (Wildman–Crippen MR) is 66.5 cm³/mol. The Balaban J connectivity index is 0.00000121. The van der Waals surface area contributed by atoms with Crippen molar-refractivity contribution < 1.29 is 8.42 Å². The van der Waals surface area contributed by atoms with Crippen molar-refractivity contribution >= 4 is 9.84 Å². The van der Waals surface area contributed by atoms with Crippen LogP contribution in [0.5, 0.6) is 0 Å². The van der Waals surface area contributed by atoms with E-state index in [0.717, 1.165) is 6.26 Å². The molecule has 0 aliphatic heterocycles. The average molecular weight is 256 g/mol. The van der Waals surface area contributed by atoms with Crippen LogP contribution in [0.3, 0.4) is 0 Å². The number of hydrogen-bond acceptors (Lipinski definition) is 4. The van der Waals surface area contributed by atoms with Crippen LogP contribution in [0, 0.1) is 11.3 Å². The van der Waals surface area contributed by atoms with Gasteiger partial charge in [-0.15, -0.1) is 0 Å². The van der Waals surface area contributed by atoms with E-state index in [1.54, 1.807) is 12.1 Å². The van der Waals surface area contributed by atoms with Gasteiger partial charge in [-0.05, 0) is 12.1 Å². The fourth-order valence-electron chi connectivity index (χ4n) is 1.06. The molecule has 0 aliphatic carbocycles. The van der Waals surface area contributed by atoms with Crippen LogP contribution < -0.4 is 5.56 Å². The summed E-state index contributed by atoms with van der Waals surface area (Å²) in [5.74, 6) is -0.109. The number of pyridine rings is 1. The zero-order valence-electron chi connectivity index (χ0n) is 10.2. The second kappa shape index (κ2) is 6.86. The summed E-state index contributed by atoms with van der Waals surface area (Å²) < 4.78 is 23.0. The fourth-order valence-corrected chi connectivity index (χ4v) is 1.59. The second-order valence-electron chi connectivity index (χ2n) is 3.16. The van der Waals surface area contributed by atoms with Gasteiger partial charge in [0.05, 0.1) is 5.75 Å². The Morgan fingerprint density at radius 2 is 2.00 bits per heavy atom. The number of rotatable bonds is 3. The van der Waals surface area contributed by atoms with Crippen LogP contribution >= 0.6 is 0 Å². The van der Waals surface area contributed by atoms with Gasteiger partial charge < -0.3 is 4.57 Å². The maximum absolute atomic E-state index is 11.5. The minimum absolute atomic E-state index is 0.0194. The summed E-state index contributed by atoms with van der Waals surface area (Å²) in [6.07, 6.45) is 2.57. The van der Waals surface area contributed by atoms with Gasteiger partial charge in [0.1, 0.15) is 21.5 Å². The topological polar surface area (TPSA) is 79.9 Å². The van der Waals surface area contributed by atoms with Crippen molar-refractivity contribution in [1.82, 2.24) is 4.57 Å². The largest absolute Gasteiger partial charge is 0.313 e. The van der Waals surface area contributed by atoms with E-state index in [9.17, 15) is 13.2 Å². The van der Waals surface area contributed by atoms with Gasteiger partial charge in [-0.1, -0.05) is 13.8 Å². The third-order valence-electron chi connectivity index (χ3n) is 1.84. The molecule has 0 saturated carbocycles. The van der Waals surface area contributed by atoms with E-state index in [4.69, 9.17) is 5.26 Å². The third-order valence-corrected chi connectivity index (χ3v) is 2.77. The van der Waals surface area contributed by atoms with Crippen molar-refractivity contribution in [3.8, 4) is 6.07 Å². The van der Waals surface area contributed by atoms with E-state index < -0.39 is 15.4 Å². The highest BCUT2D eigenvalue weighted by Crippen LogP contribution is 1.91. The van der Waals surface area contributed by atoms with Gasteiger partial charge in [0, 0.05) is 19.0 Å². The molecule has 1 heterocycles. The molecule has 1 aromatic heterocycles. The normalized spacial score (nSPS) is 10.0. The van der Waals surface area contributed by atoms with Crippen molar-refractivity contribution in [1.29, 1.82) is 5.26 Å². The van der Waals surface area contributed by atoms with Crippen molar-refractivity contribution in [2.75, 3.05) is 12.0 Å². The van der Waals surface area contributed by atoms with Gasteiger partial charge in [0.15, 0.2) is 0 Å². The van der Waals surface area contributed by atoms with Gasteiger partial charge in [-0.25, -0.2) is 8.42 Å². The van der Waals surface area contributed by atoms with Crippen molar-refractivity contribution in [3.63, 3.8) is 0 Å². The molecule has 0 fully saturated rings. The van der Waals surface area contributed by atoms with Gasteiger partial charge in [0.2, 0.25) is 0 Å². The van der Waals surface area contributed by atoms with Gasteiger partial charge in [-0.3, -0.25) is 4.79 Å². The Kier molecular flexibility index (Phi) is 6.21. The van der Waals surface area contributed by atoms with Crippen LogP contribution in [0.1, 0.15) is 19.4 Å². The molecule has 17 heavy (non-hydrogen) atoms. The zero-order valence-corrected chi connectivity index (χ0v) is 11.0. The lowest BCUT2D eigenvalue weighted by Gasteiger charge is -2.03. The van der Waals surface area contributed by atoms with Crippen molar-refractivity contribution in [2.45, 2.75) is 20.4 Å². The lowest BCUT2D eigenvalue weighted by Crippen LogP contribution is -2.24. The maximum Gasteiger partial charge on any atom is 0.268 e. The SMILES string of the molecule is CC.CS(=O)(=O)CCn1cccc(C#N)c1=O. The summed E-state index contributed by atoms with van der Waals surface area (Å²) in [5.41, 5.74) is -0.436. The highest BCUT2D eigenvalue weighted by molar-refractivity contribution is 7.90. The minimum atomic E-state index is -3.10. The highest BCUT2D eigenvalue weighted by Gasteiger charge is 2.05. The van der Waals surface area contributed by atoms with Crippen LogP contribution in [0.2, 0.25) is 0 Å². The first-order valence-electron chi connectivity index (χ1n) is 5.21. The van der Waals surface area contributed by atoms with E-state index >= 15 is 0 Å². The molecule has 0 spiro atoms. The summed E-state index contributed by atoms with van der Waals surface area (Å²) in [4.78, 5) is 11.5. The minimum Gasteiger partial charge on any atom is -0.313 e. The molecule has 0 aliphatic rings. The Morgan fingerprint density at radius 3 is 2.47 bits per heavy atom. The number of sulfone groups is 1. The summed E-state index contributed by atoms with van der Waals surface area (Å²) in [6, 6.07) is 4.70. The van der Waals surface area contributed by atoms with Gasteiger partial charge in [0.25, 0.3) is 5.56 Å². The molecule has 94 valence electrons. The average Bonchev–Trinajstić information content (AvgIpc) is 2.29. The summed E-state index contributed by atoms with van der Waals surface area (Å²) in [5, 5.41) is 8.59. The van der Waals surface area contributed by atoms with Gasteiger partial charge in [-0.2, -0.15) is 5.26 Å². The third kappa shape index (κ3) is 5.31. The van der Waals surface area contributed by atoms with Gasteiger partial charge >= 0.3 is 0 Å². The van der Waals surface area contributed by atoms with Crippen LogP contribution in [-0.4, -0.2) is 25.0 Å². The zero-order chi connectivity index (χ0) is 13.5. The Bertz CT molecular complexity index is 553. The second-order valence-corrected chi connectivity index (χ2v) is 5.42. The predicted octanol–water partition coefficient (Wildman–Crippen LogP) is 0.791. The quantitative estimate of drug-likeness (QED) is 0.800. The molecular formula is C11H16N2O3S. The van der Waals surface area contributed by atoms with E-state index in [-0.39, 0.29) is 17.9 Å². The summed E-state index contributed by atoms with van der Waals surface area (Å²) in [6.45, 7) is 4.08. The number of aryl methyl sites for hydroxylation is 1. The fraction of sp³-hybridized carbons (Fsp3) is 0.455.